The van der Waals surface area contributed by atoms with Gasteiger partial charge in [0.05, 0.1) is 10.5 Å². The molecule has 2 rings (SSSR count). The first kappa shape index (κ1) is 8.65. The van der Waals surface area contributed by atoms with Gasteiger partial charge in [-0.3, -0.25) is 10.1 Å². The Morgan fingerprint density at radius 2 is 2.31 bits per heavy atom. The summed E-state index contributed by atoms with van der Waals surface area (Å²) in [7, 11) is 0. The predicted molar refractivity (Wildman–Crippen MR) is 48.9 cm³/mol. The largest absolute Gasteiger partial charge is 0.390 e. The highest BCUT2D eigenvalue weighted by atomic mass is 32.1. The van der Waals surface area contributed by atoms with Crippen molar-refractivity contribution in [2.45, 2.75) is 24.9 Å². The van der Waals surface area contributed by atoms with Crippen LogP contribution in [0, 0.1) is 10.1 Å². The third kappa shape index (κ3) is 1.87. The summed E-state index contributed by atoms with van der Waals surface area (Å²) in [6, 6.07) is 3.21. The quantitative estimate of drug-likeness (QED) is 0.595. The lowest BCUT2D eigenvalue weighted by molar-refractivity contribution is -0.380. The molecule has 70 valence electrons. The third-order valence-electron chi connectivity index (χ3n) is 2.16. The second-order valence-corrected chi connectivity index (χ2v) is 4.54. The summed E-state index contributed by atoms with van der Waals surface area (Å²) in [4.78, 5) is 10.8. The SMILES string of the molecule is O=[N+]([O-])c1ccc(CC2(O)CC2)s1. The summed E-state index contributed by atoms with van der Waals surface area (Å²) in [6.07, 6.45) is 2.20. The fourth-order valence-corrected chi connectivity index (χ4v) is 2.16. The van der Waals surface area contributed by atoms with Crippen molar-refractivity contribution in [3.63, 3.8) is 0 Å². The van der Waals surface area contributed by atoms with Crippen molar-refractivity contribution < 1.29 is 10.0 Å². The lowest BCUT2D eigenvalue weighted by atomic mass is 10.2. The first-order chi connectivity index (χ1) is 6.09. The Bertz CT molecular complexity index is 343. The van der Waals surface area contributed by atoms with E-state index in [2.05, 4.69) is 0 Å². The van der Waals surface area contributed by atoms with Gasteiger partial charge in [0.25, 0.3) is 0 Å². The zero-order valence-electron chi connectivity index (χ0n) is 6.90. The van der Waals surface area contributed by atoms with E-state index in [0.717, 1.165) is 29.1 Å². The van der Waals surface area contributed by atoms with Crippen molar-refractivity contribution in [2.75, 3.05) is 0 Å². The molecule has 0 amide bonds. The lowest BCUT2D eigenvalue weighted by Crippen LogP contribution is -2.09. The summed E-state index contributed by atoms with van der Waals surface area (Å²) in [6.45, 7) is 0. The molecule has 1 saturated carbocycles. The Kier molecular flexibility index (Phi) is 1.85. The van der Waals surface area contributed by atoms with Gasteiger partial charge in [-0.1, -0.05) is 11.3 Å². The highest BCUT2D eigenvalue weighted by Gasteiger charge is 2.40. The molecule has 1 aromatic heterocycles. The Morgan fingerprint density at radius 1 is 1.62 bits per heavy atom. The average Bonchev–Trinajstić information content (AvgIpc) is 2.62. The molecule has 1 aliphatic carbocycles. The van der Waals surface area contributed by atoms with Crippen LogP contribution in [0.5, 0.6) is 0 Å². The van der Waals surface area contributed by atoms with Gasteiger partial charge in [0.15, 0.2) is 0 Å². The van der Waals surface area contributed by atoms with E-state index >= 15 is 0 Å². The summed E-state index contributed by atoms with van der Waals surface area (Å²) in [5, 5.41) is 20.1. The van der Waals surface area contributed by atoms with Crippen LogP contribution < -0.4 is 0 Å². The van der Waals surface area contributed by atoms with E-state index in [0.29, 0.717) is 6.42 Å². The molecular weight excluding hydrogens is 190 g/mol. The zero-order chi connectivity index (χ0) is 9.47. The predicted octanol–water partition coefficient (Wildman–Crippen LogP) is 1.72. The van der Waals surface area contributed by atoms with Crippen molar-refractivity contribution in [2.24, 2.45) is 0 Å². The van der Waals surface area contributed by atoms with Crippen LogP contribution in [0.1, 0.15) is 17.7 Å². The first-order valence-corrected chi connectivity index (χ1v) is 4.86. The lowest BCUT2D eigenvalue weighted by Gasteiger charge is -2.02. The molecule has 0 aliphatic heterocycles. The summed E-state index contributed by atoms with van der Waals surface area (Å²) in [5.74, 6) is 0. The first-order valence-electron chi connectivity index (χ1n) is 4.05. The van der Waals surface area contributed by atoms with Crippen molar-refractivity contribution >= 4 is 16.3 Å². The molecular formula is C8H9NO3S. The van der Waals surface area contributed by atoms with Crippen LogP contribution in [-0.4, -0.2) is 15.6 Å². The molecule has 1 N–H and O–H groups in total. The van der Waals surface area contributed by atoms with Crippen LogP contribution in [0.3, 0.4) is 0 Å². The van der Waals surface area contributed by atoms with Gasteiger partial charge in [-0.25, -0.2) is 0 Å². The normalized spacial score (nSPS) is 18.5. The van der Waals surface area contributed by atoms with E-state index in [-0.39, 0.29) is 5.00 Å². The maximum Gasteiger partial charge on any atom is 0.324 e. The molecule has 0 atom stereocenters. The van der Waals surface area contributed by atoms with Crippen molar-refractivity contribution in [1.82, 2.24) is 0 Å². The molecule has 1 aliphatic rings. The van der Waals surface area contributed by atoms with Crippen LogP contribution in [0.2, 0.25) is 0 Å². The fraction of sp³-hybridized carbons (Fsp3) is 0.500. The number of nitro groups is 1. The summed E-state index contributed by atoms with van der Waals surface area (Å²) < 4.78 is 0. The highest BCUT2D eigenvalue weighted by molar-refractivity contribution is 7.15. The maximum atomic E-state index is 10.3. The smallest absolute Gasteiger partial charge is 0.324 e. The van der Waals surface area contributed by atoms with Crippen LogP contribution in [0.25, 0.3) is 0 Å². The van der Waals surface area contributed by atoms with Gasteiger partial charge in [0, 0.05) is 17.4 Å². The van der Waals surface area contributed by atoms with E-state index < -0.39 is 10.5 Å². The summed E-state index contributed by atoms with van der Waals surface area (Å²) >= 11 is 1.15. The molecule has 0 radical (unpaired) electrons. The molecule has 13 heavy (non-hydrogen) atoms. The molecule has 0 unspecified atom stereocenters. The molecule has 1 aromatic rings. The Labute approximate surface area is 79.0 Å². The minimum atomic E-state index is -0.557. The van der Waals surface area contributed by atoms with Gasteiger partial charge in [0.1, 0.15) is 0 Å². The molecule has 0 bridgehead atoms. The molecule has 4 nitrogen and oxygen atoms in total. The molecule has 5 heteroatoms. The topological polar surface area (TPSA) is 63.4 Å². The number of hydrogen-bond donors (Lipinski definition) is 1. The van der Waals surface area contributed by atoms with Crippen molar-refractivity contribution in [3.05, 3.63) is 27.1 Å². The minimum Gasteiger partial charge on any atom is -0.390 e. The molecule has 0 spiro atoms. The Balaban J connectivity index is 2.09. The third-order valence-corrected chi connectivity index (χ3v) is 3.19. The van der Waals surface area contributed by atoms with Crippen molar-refractivity contribution in [1.29, 1.82) is 0 Å². The second-order valence-electron chi connectivity index (χ2n) is 3.40. The van der Waals surface area contributed by atoms with Crippen LogP contribution >= 0.6 is 11.3 Å². The summed E-state index contributed by atoms with van der Waals surface area (Å²) in [5.41, 5.74) is -0.557. The van der Waals surface area contributed by atoms with Gasteiger partial charge in [0.2, 0.25) is 0 Å². The maximum absolute atomic E-state index is 10.3. The Morgan fingerprint density at radius 3 is 2.77 bits per heavy atom. The van der Waals surface area contributed by atoms with Gasteiger partial charge >= 0.3 is 5.00 Å². The van der Waals surface area contributed by atoms with Crippen LogP contribution in [0.15, 0.2) is 12.1 Å². The van der Waals surface area contributed by atoms with Gasteiger partial charge in [-0.2, -0.15) is 0 Å². The van der Waals surface area contributed by atoms with Gasteiger partial charge in [-0.15, -0.1) is 0 Å². The van der Waals surface area contributed by atoms with E-state index in [9.17, 15) is 15.2 Å². The average molecular weight is 199 g/mol. The van der Waals surface area contributed by atoms with Crippen LogP contribution in [-0.2, 0) is 6.42 Å². The van der Waals surface area contributed by atoms with E-state index in [1.165, 1.54) is 6.07 Å². The number of thiophene rings is 1. The standard InChI is InChI=1S/C8H9NO3S/c10-8(3-4-8)5-6-1-2-7(13-6)9(11)12/h1-2,10H,3-5H2. The monoisotopic (exact) mass is 199 g/mol. The van der Waals surface area contributed by atoms with E-state index in [1.54, 1.807) is 6.07 Å². The highest BCUT2D eigenvalue weighted by Crippen LogP contribution is 2.40. The second kappa shape index (κ2) is 2.78. The van der Waals surface area contributed by atoms with E-state index in [1.807, 2.05) is 0 Å². The molecule has 0 saturated heterocycles. The Hall–Kier alpha value is -0.940. The fourth-order valence-electron chi connectivity index (χ4n) is 1.21. The zero-order valence-corrected chi connectivity index (χ0v) is 7.71. The molecule has 0 aromatic carbocycles. The number of hydrogen-bond acceptors (Lipinski definition) is 4. The number of nitrogens with zero attached hydrogens (tertiary/aromatic N) is 1. The molecule has 1 fully saturated rings. The van der Waals surface area contributed by atoms with Gasteiger partial charge in [-0.05, 0) is 18.9 Å². The number of rotatable bonds is 3. The van der Waals surface area contributed by atoms with E-state index in [4.69, 9.17) is 0 Å². The van der Waals surface area contributed by atoms with Crippen LogP contribution in [0.4, 0.5) is 5.00 Å². The molecule has 1 heterocycles. The number of aliphatic hydroxyl groups is 1. The van der Waals surface area contributed by atoms with Crippen molar-refractivity contribution in [3.8, 4) is 0 Å². The van der Waals surface area contributed by atoms with Gasteiger partial charge < -0.3 is 5.11 Å². The minimum absolute atomic E-state index is 0.152.